The third kappa shape index (κ3) is 6.31. The second kappa shape index (κ2) is 9.77. The largest absolute Gasteiger partial charge is 0.293 e. The smallest absolute Gasteiger partial charge is 0.269 e. The molecule has 0 aliphatic carbocycles. The molecule has 0 saturated carbocycles. The molecular formula is C22H19N3O5S. The highest BCUT2D eigenvalue weighted by Gasteiger charge is 2.21. The van der Waals surface area contributed by atoms with Gasteiger partial charge in [0.1, 0.15) is 5.75 Å². The quantitative estimate of drug-likeness (QED) is 0.236. The molecule has 0 unspecified atom stereocenters. The lowest BCUT2D eigenvalue weighted by molar-refractivity contribution is -0.384. The molecule has 3 aromatic carbocycles. The van der Waals surface area contributed by atoms with Crippen molar-refractivity contribution in [3.63, 3.8) is 0 Å². The number of Topliss-reactive ketones (excluding diaryl/α,β-unsaturated/α-hetero) is 1. The monoisotopic (exact) mass is 437 g/mol. The average Bonchev–Trinajstić information content (AvgIpc) is 2.77. The molecule has 3 rings (SSSR count). The molecule has 0 bridgehead atoms. The SMILES string of the molecule is O=C(CS(=O)(=O)C/C(=N\Nc1ccc([N+](=O)[O-])cc1)c1ccccc1)c1ccccc1. The van der Waals surface area contributed by atoms with Crippen molar-refractivity contribution in [1.29, 1.82) is 0 Å². The predicted molar refractivity (Wildman–Crippen MR) is 119 cm³/mol. The number of hydrogen-bond acceptors (Lipinski definition) is 7. The lowest BCUT2D eigenvalue weighted by atomic mass is 10.1. The van der Waals surface area contributed by atoms with Crippen molar-refractivity contribution in [2.75, 3.05) is 16.9 Å². The van der Waals surface area contributed by atoms with Gasteiger partial charge in [-0.15, -0.1) is 0 Å². The van der Waals surface area contributed by atoms with Gasteiger partial charge < -0.3 is 0 Å². The molecule has 158 valence electrons. The number of rotatable bonds is 9. The first kappa shape index (κ1) is 21.8. The van der Waals surface area contributed by atoms with Crippen LogP contribution in [0.2, 0.25) is 0 Å². The average molecular weight is 437 g/mol. The zero-order valence-electron chi connectivity index (χ0n) is 16.3. The number of ketones is 1. The molecule has 0 aromatic heterocycles. The van der Waals surface area contributed by atoms with E-state index < -0.39 is 32.0 Å². The van der Waals surface area contributed by atoms with Gasteiger partial charge in [0.05, 0.1) is 22.1 Å². The van der Waals surface area contributed by atoms with Crippen LogP contribution in [0.4, 0.5) is 11.4 Å². The van der Waals surface area contributed by atoms with Gasteiger partial charge in [0.25, 0.3) is 5.69 Å². The zero-order valence-corrected chi connectivity index (χ0v) is 17.2. The first-order valence-corrected chi connectivity index (χ1v) is 11.1. The van der Waals surface area contributed by atoms with E-state index in [9.17, 15) is 23.3 Å². The Balaban J connectivity index is 1.81. The number of nitrogens with one attached hydrogen (secondary N) is 1. The number of nitrogens with zero attached hydrogens (tertiary/aromatic N) is 2. The Kier molecular flexibility index (Phi) is 6.88. The van der Waals surface area contributed by atoms with E-state index in [1.807, 2.05) is 0 Å². The summed E-state index contributed by atoms with van der Waals surface area (Å²) in [6, 6.07) is 22.5. The van der Waals surface area contributed by atoms with Crippen molar-refractivity contribution in [3.8, 4) is 0 Å². The summed E-state index contributed by atoms with van der Waals surface area (Å²) in [5.41, 5.74) is 4.24. The van der Waals surface area contributed by atoms with E-state index in [-0.39, 0.29) is 11.4 Å². The summed E-state index contributed by atoms with van der Waals surface area (Å²) in [5.74, 6) is -1.58. The lowest BCUT2D eigenvalue weighted by Crippen LogP contribution is -2.25. The number of carbonyl (C=O) groups excluding carboxylic acids is 1. The van der Waals surface area contributed by atoms with Gasteiger partial charge >= 0.3 is 0 Å². The highest BCUT2D eigenvalue weighted by atomic mass is 32.2. The summed E-state index contributed by atoms with van der Waals surface area (Å²) < 4.78 is 25.4. The van der Waals surface area contributed by atoms with Crippen LogP contribution < -0.4 is 5.43 Å². The van der Waals surface area contributed by atoms with Gasteiger partial charge in [0.2, 0.25) is 0 Å². The number of hydrogen-bond donors (Lipinski definition) is 1. The van der Waals surface area contributed by atoms with Gasteiger partial charge in [0, 0.05) is 17.7 Å². The molecule has 0 radical (unpaired) electrons. The molecule has 0 saturated heterocycles. The predicted octanol–water partition coefficient (Wildman–Crippen LogP) is 3.71. The number of nitro groups is 1. The molecule has 0 atom stereocenters. The molecule has 0 fully saturated rings. The van der Waals surface area contributed by atoms with E-state index in [1.165, 1.54) is 24.3 Å². The summed E-state index contributed by atoms with van der Waals surface area (Å²) in [6.45, 7) is 0. The molecule has 1 N–H and O–H groups in total. The Morgan fingerprint density at radius 2 is 1.39 bits per heavy atom. The number of sulfone groups is 1. The molecule has 3 aromatic rings. The third-order valence-electron chi connectivity index (χ3n) is 4.31. The third-order valence-corrected chi connectivity index (χ3v) is 5.72. The number of hydrazone groups is 1. The second-order valence-electron chi connectivity index (χ2n) is 6.66. The normalized spacial score (nSPS) is 11.7. The van der Waals surface area contributed by atoms with E-state index in [0.29, 0.717) is 16.8 Å². The van der Waals surface area contributed by atoms with Gasteiger partial charge in [-0.25, -0.2) is 8.42 Å². The highest BCUT2D eigenvalue weighted by Crippen LogP contribution is 2.16. The van der Waals surface area contributed by atoms with Crippen LogP contribution in [-0.2, 0) is 9.84 Å². The van der Waals surface area contributed by atoms with E-state index in [1.54, 1.807) is 60.7 Å². The molecule has 9 heteroatoms. The second-order valence-corrected chi connectivity index (χ2v) is 8.73. The summed E-state index contributed by atoms with van der Waals surface area (Å²) in [5, 5.41) is 15.0. The summed E-state index contributed by atoms with van der Waals surface area (Å²) in [4.78, 5) is 22.6. The number of nitro benzene ring substituents is 1. The fourth-order valence-corrected chi connectivity index (χ4v) is 4.08. The molecule has 0 spiro atoms. The van der Waals surface area contributed by atoms with Crippen molar-refractivity contribution in [1.82, 2.24) is 0 Å². The van der Waals surface area contributed by atoms with Gasteiger partial charge in [-0.05, 0) is 17.7 Å². The van der Waals surface area contributed by atoms with E-state index in [4.69, 9.17) is 0 Å². The Labute approximate surface area is 179 Å². The summed E-state index contributed by atoms with van der Waals surface area (Å²) in [7, 11) is -3.81. The molecule has 8 nitrogen and oxygen atoms in total. The zero-order chi connectivity index (χ0) is 22.3. The topological polar surface area (TPSA) is 119 Å². The standard InChI is InChI=1S/C22H19N3O5S/c26-22(18-9-5-2-6-10-18)16-31(29,30)15-21(17-7-3-1-4-8-17)24-23-19-11-13-20(14-12-19)25(27)28/h1-14,23H,15-16H2/b24-21+. The molecular weight excluding hydrogens is 418 g/mol. The molecule has 31 heavy (non-hydrogen) atoms. The van der Waals surface area contributed by atoms with Gasteiger partial charge in [-0.2, -0.15) is 5.10 Å². The molecule has 0 aliphatic rings. The fourth-order valence-electron chi connectivity index (χ4n) is 2.77. The fraction of sp³-hybridized carbons (Fsp3) is 0.0909. The number of benzene rings is 3. The summed E-state index contributed by atoms with van der Waals surface area (Å²) in [6.07, 6.45) is 0. The van der Waals surface area contributed by atoms with E-state index in [2.05, 4.69) is 10.5 Å². The van der Waals surface area contributed by atoms with Crippen LogP contribution in [0, 0.1) is 10.1 Å². The number of carbonyl (C=O) groups is 1. The van der Waals surface area contributed by atoms with Gasteiger partial charge in [-0.1, -0.05) is 60.7 Å². The Hall–Kier alpha value is -3.85. The van der Waals surface area contributed by atoms with Gasteiger partial charge in [0.15, 0.2) is 15.6 Å². The van der Waals surface area contributed by atoms with Crippen LogP contribution in [0.15, 0.2) is 90.0 Å². The maximum absolute atomic E-state index is 12.7. The van der Waals surface area contributed by atoms with Crippen molar-refractivity contribution in [2.24, 2.45) is 5.10 Å². The van der Waals surface area contributed by atoms with Crippen molar-refractivity contribution >= 4 is 32.7 Å². The minimum absolute atomic E-state index is 0.0696. The number of anilines is 1. The van der Waals surface area contributed by atoms with Crippen LogP contribution >= 0.6 is 0 Å². The van der Waals surface area contributed by atoms with Crippen LogP contribution in [0.1, 0.15) is 15.9 Å². The maximum atomic E-state index is 12.7. The van der Waals surface area contributed by atoms with Crippen molar-refractivity contribution in [2.45, 2.75) is 0 Å². The summed E-state index contributed by atoms with van der Waals surface area (Å²) >= 11 is 0. The van der Waals surface area contributed by atoms with Gasteiger partial charge in [-0.3, -0.25) is 20.3 Å². The Morgan fingerprint density at radius 1 is 0.839 bits per heavy atom. The van der Waals surface area contributed by atoms with Crippen LogP contribution in [0.25, 0.3) is 0 Å². The van der Waals surface area contributed by atoms with Crippen LogP contribution in [0.5, 0.6) is 0 Å². The molecule has 0 aliphatic heterocycles. The van der Waals surface area contributed by atoms with E-state index >= 15 is 0 Å². The number of non-ortho nitro benzene ring substituents is 1. The minimum Gasteiger partial charge on any atom is -0.293 e. The van der Waals surface area contributed by atoms with Crippen LogP contribution in [-0.4, -0.2) is 36.3 Å². The Morgan fingerprint density at radius 3 is 1.94 bits per heavy atom. The van der Waals surface area contributed by atoms with Crippen molar-refractivity contribution < 1.29 is 18.1 Å². The van der Waals surface area contributed by atoms with E-state index in [0.717, 1.165) is 0 Å². The first-order valence-electron chi connectivity index (χ1n) is 9.25. The maximum Gasteiger partial charge on any atom is 0.269 e. The highest BCUT2D eigenvalue weighted by molar-refractivity contribution is 7.92. The first-order chi connectivity index (χ1) is 14.8. The minimum atomic E-state index is -3.81. The Bertz CT molecular complexity index is 1190. The van der Waals surface area contributed by atoms with Crippen molar-refractivity contribution in [3.05, 3.63) is 106 Å². The molecule has 0 amide bonds. The lowest BCUT2D eigenvalue weighted by Gasteiger charge is -2.09. The van der Waals surface area contributed by atoms with Crippen LogP contribution in [0.3, 0.4) is 0 Å². The molecule has 0 heterocycles.